The highest BCUT2D eigenvalue weighted by molar-refractivity contribution is 7.89. The van der Waals surface area contributed by atoms with Gasteiger partial charge in [0.15, 0.2) is 0 Å². The molecule has 0 spiro atoms. The molecule has 0 amide bonds. The molecule has 4 nitrogen and oxygen atoms in total. The first-order chi connectivity index (χ1) is 8.98. The smallest absolute Gasteiger partial charge is 0.240 e. The molecule has 0 radical (unpaired) electrons. The van der Waals surface area contributed by atoms with Crippen LogP contribution in [0.2, 0.25) is 0 Å². The van der Waals surface area contributed by atoms with Crippen molar-refractivity contribution in [1.82, 2.24) is 4.72 Å². The van der Waals surface area contributed by atoms with Gasteiger partial charge in [0.25, 0.3) is 0 Å². The summed E-state index contributed by atoms with van der Waals surface area (Å²) in [6.45, 7) is 5.74. The Bertz CT molecular complexity index is 507. The van der Waals surface area contributed by atoms with Gasteiger partial charge in [0.2, 0.25) is 10.0 Å². The summed E-state index contributed by atoms with van der Waals surface area (Å²) in [4.78, 5) is 0.223. The first-order valence-corrected chi connectivity index (χ1v) is 8.21. The molecule has 108 valence electrons. The first-order valence-electron chi connectivity index (χ1n) is 6.73. The maximum Gasteiger partial charge on any atom is 0.240 e. The maximum atomic E-state index is 12.2. The summed E-state index contributed by atoms with van der Waals surface area (Å²) in [6.07, 6.45) is 2.29. The van der Waals surface area contributed by atoms with Gasteiger partial charge in [-0.1, -0.05) is 26.8 Å². The van der Waals surface area contributed by atoms with Crippen LogP contribution in [0.1, 0.15) is 44.7 Å². The van der Waals surface area contributed by atoms with Crippen LogP contribution in [0.15, 0.2) is 23.1 Å². The lowest BCUT2D eigenvalue weighted by Crippen LogP contribution is -2.33. The predicted octanol–water partition coefficient (Wildman–Crippen LogP) is 2.21. The van der Waals surface area contributed by atoms with Crippen LogP contribution >= 0.6 is 0 Å². The van der Waals surface area contributed by atoms with Crippen LogP contribution in [0.4, 0.5) is 0 Å². The van der Waals surface area contributed by atoms with Gasteiger partial charge in [-0.3, -0.25) is 0 Å². The average Bonchev–Trinajstić information content (AvgIpc) is 2.43. The minimum Gasteiger partial charge on any atom is -0.392 e. The molecule has 0 aliphatic heterocycles. The van der Waals surface area contributed by atoms with E-state index in [9.17, 15) is 13.5 Å². The molecule has 0 heterocycles. The van der Waals surface area contributed by atoms with E-state index in [1.54, 1.807) is 18.2 Å². The second-order valence-electron chi connectivity index (χ2n) is 4.58. The van der Waals surface area contributed by atoms with Crippen molar-refractivity contribution in [2.24, 2.45) is 0 Å². The Balaban J connectivity index is 3.08. The van der Waals surface area contributed by atoms with E-state index in [-0.39, 0.29) is 17.5 Å². The monoisotopic (exact) mass is 285 g/mol. The molecule has 2 N–H and O–H groups in total. The predicted molar refractivity (Wildman–Crippen MR) is 76.4 cm³/mol. The van der Waals surface area contributed by atoms with Crippen molar-refractivity contribution >= 4 is 10.0 Å². The molecular weight excluding hydrogens is 262 g/mol. The maximum absolute atomic E-state index is 12.2. The van der Waals surface area contributed by atoms with Gasteiger partial charge in [0, 0.05) is 6.04 Å². The van der Waals surface area contributed by atoms with Gasteiger partial charge in [0.05, 0.1) is 11.5 Å². The largest absolute Gasteiger partial charge is 0.392 e. The molecule has 1 rings (SSSR count). The van der Waals surface area contributed by atoms with E-state index in [1.165, 1.54) is 0 Å². The number of aryl methyl sites for hydroxylation is 1. The van der Waals surface area contributed by atoms with Crippen molar-refractivity contribution in [3.8, 4) is 0 Å². The number of hydrogen-bond acceptors (Lipinski definition) is 3. The van der Waals surface area contributed by atoms with E-state index >= 15 is 0 Å². The Morgan fingerprint density at radius 3 is 2.26 bits per heavy atom. The number of sulfonamides is 1. The lowest BCUT2D eigenvalue weighted by atomic mass is 10.1. The van der Waals surface area contributed by atoms with E-state index < -0.39 is 10.0 Å². The van der Waals surface area contributed by atoms with Gasteiger partial charge in [-0.25, -0.2) is 13.1 Å². The zero-order valence-corrected chi connectivity index (χ0v) is 12.6. The van der Waals surface area contributed by atoms with Crippen LogP contribution in [-0.4, -0.2) is 19.6 Å². The summed E-state index contributed by atoms with van der Waals surface area (Å²) < 4.78 is 27.2. The standard InChI is InChI=1S/C14H23NO3S/c1-4-11-7-8-14(9-12(11)10-16)19(17,18)15-13(5-2)6-3/h7-9,13,15-16H,4-6,10H2,1-3H3. The quantitative estimate of drug-likeness (QED) is 0.807. The normalized spacial score (nSPS) is 12.1. The summed E-state index contributed by atoms with van der Waals surface area (Å²) in [5, 5.41) is 9.30. The third kappa shape index (κ3) is 4.03. The fraction of sp³-hybridized carbons (Fsp3) is 0.571. The summed E-state index contributed by atoms with van der Waals surface area (Å²) in [7, 11) is -3.50. The number of hydrogen-bond donors (Lipinski definition) is 2. The molecule has 0 saturated carbocycles. The summed E-state index contributed by atoms with van der Waals surface area (Å²) in [5.74, 6) is 0. The average molecular weight is 285 g/mol. The topological polar surface area (TPSA) is 66.4 Å². The number of nitrogens with one attached hydrogen (secondary N) is 1. The molecule has 0 aliphatic rings. The number of aliphatic hydroxyl groups excluding tert-OH is 1. The highest BCUT2D eigenvalue weighted by Gasteiger charge is 2.18. The van der Waals surface area contributed by atoms with E-state index in [0.29, 0.717) is 5.56 Å². The van der Waals surface area contributed by atoms with Gasteiger partial charge in [-0.15, -0.1) is 0 Å². The number of benzene rings is 1. The molecule has 0 unspecified atom stereocenters. The number of rotatable bonds is 7. The molecule has 5 heteroatoms. The van der Waals surface area contributed by atoms with E-state index in [1.807, 2.05) is 20.8 Å². The zero-order chi connectivity index (χ0) is 14.5. The highest BCUT2D eigenvalue weighted by atomic mass is 32.2. The molecule has 0 atom stereocenters. The molecular formula is C14H23NO3S. The van der Waals surface area contributed by atoms with E-state index in [4.69, 9.17) is 0 Å². The molecule has 19 heavy (non-hydrogen) atoms. The Labute approximate surface area is 115 Å². The van der Waals surface area contributed by atoms with Crippen LogP contribution < -0.4 is 4.72 Å². The van der Waals surface area contributed by atoms with Gasteiger partial charge in [0.1, 0.15) is 0 Å². The molecule has 1 aromatic carbocycles. The van der Waals surface area contributed by atoms with Crippen LogP contribution in [0.3, 0.4) is 0 Å². The lowest BCUT2D eigenvalue weighted by molar-refractivity contribution is 0.280. The Kier molecular flexibility index (Phi) is 5.97. The molecule has 1 aromatic rings. The molecule has 0 aromatic heterocycles. The van der Waals surface area contributed by atoms with Gasteiger partial charge < -0.3 is 5.11 Å². The van der Waals surface area contributed by atoms with Crippen LogP contribution in [0, 0.1) is 0 Å². The third-order valence-corrected chi connectivity index (χ3v) is 4.86. The summed E-state index contributed by atoms with van der Waals surface area (Å²) >= 11 is 0. The van der Waals surface area contributed by atoms with Crippen molar-refractivity contribution in [1.29, 1.82) is 0 Å². The van der Waals surface area contributed by atoms with E-state index in [0.717, 1.165) is 24.8 Å². The van der Waals surface area contributed by atoms with E-state index in [2.05, 4.69) is 4.72 Å². The van der Waals surface area contributed by atoms with Crippen molar-refractivity contribution in [3.05, 3.63) is 29.3 Å². The van der Waals surface area contributed by atoms with Crippen molar-refractivity contribution in [3.63, 3.8) is 0 Å². The highest BCUT2D eigenvalue weighted by Crippen LogP contribution is 2.17. The Hall–Kier alpha value is -0.910. The van der Waals surface area contributed by atoms with Gasteiger partial charge >= 0.3 is 0 Å². The number of aliphatic hydroxyl groups is 1. The minimum atomic E-state index is -3.50. The second-order valence-corrected chi connectivity index (χ2v) is 6.29. The second kappa shape index (κ2) is 7.03. The zero-order valence-electron chi connectivity index (χ0n) is 11.8. The van der Waals surface area contributed by atoms with Crippen molar-refractivity contribution in [2.45, 2.75) is 57.6 Å². The van der Waals surface area contributed by atoms with Gasteiger partial charge in [-0.2, -0.15) is 0 Å². The van der Waals surface area contributed by atoms with Crippen LogP contribution in [-0.2, 0) is 23.1 Å². The molecule has 0 bridgehead atoms. The SMILES string of the molecule is CCc1ccc(S(=O)(=O)NC(CC)CC)cc1CO. The lowest BCUT2D eigenvalue weighted by Gasteiger charge is -2.16. The Morgan fingerprint density at radius 2 is 1.79 bits per heavy atom. The molecule has 0 saturated heterocycles. The molecule has 0 aliphatic carbocycles. The van der Waals surface area contributed by atoms with Crippen molar-refractivity contribution < 1.29 is 13.5 Å². The Morgan fingerprint density at radius 1 is 1.16 bits per heavy atom. The van der Waals surface area contributed by atoms with Crippen LogP contribution in [0.5, 0.6) is 0 Å². The fourth-order valence-corrected chi connectivity index (χ4v) is 3.46. The fourth-order valence-electron chi connectivity index (χ4n) is 2.00. The summed E-state index contributed by atoms with van der Waals surface area (Å²) in [5.41, 5.74) is 1.65. The minimum absolute atomic E-state index is 0.0478. The third-order valence-electron chi connectivity index (χ3n) is 3.35. The van der Waals surface area contributed by atoms with Crippen LogP contribution in [0.25, 0.3) is 0 Å². The summed E-state index contributed by atoms with van der Waals surface area (Å²) in [6, 6.07) is 4.88. The molecule has 0 fully saturated rings. The van der Waals surface area contributed by atoms with Crippen molar-refractivity contribution in [2.75, 3.05) is 0 Å². The van der Waals surface area contributed by atoms with Gasteiger partial charge in [-0.05, 0) is 42.5 Å². The first kappa shape index (κ1) is 16.1.